The normalized spacial score (nSPS) is 36.3. The summed E-state index contributed by atoms with van der Waals surface area (Å²) in [6.07, 6.45) is 1.23. The lowest BCUT2D eigenvalue weighted by atomic mass is 9.95. The Morgan fingerprint density at radius 1 is 1.60 bits per heavy atom. The number of nitrogens with zero attached hydrogens (tertiary/aromatic N) is 1. The average Bonchev–Trinajstić information content (AvgIpc) is 1.96. The average molecular weight is 142 g/mol. The zero-order valence-corrected chi connectivity index (χ0v) is 7.28. The van der Waals surface area contributed by atoms with Crippen LogP contribution in [-0.2, 0) is 0 Å². The van der Waals surface area contributed by atoms with Crippen molar-refractivity contribution >= 4 is 0 Å². The predicted octanol–water partition coefficient (Wildman–Crippen LogP) is 0.690. The maximum absolute atomic E-state index is 3.42. The number of hydrogen-bond donors (Lipinski definition) is 1. The van der Waals surface area contributed by atoms with Crippen molar-refractivity contribution in [2.45, 2.75) is 25.8 Å². The minimum absolute atomic E-state index is 0.401. The molecule has 0 aromatic heterocycles. The number of likely N-dealkylation sites (N-methyl/N-ethyl adjacent to an activating group) is 1. The zero-order chi connectivity index (χ0) is 7.61. The van der Waals surface area contributed by atoms with Crippen LogP contribution < -0.4 is 5.32 Å². The molecule has 0 radical (unpaired) electrons. The summed E-state index contributed by atoms with van der Waals surface area (Å²) in [7, 11) is 2.21. The molecule has 2 nitrogen and oxygen atoms in total. The highest BCUT2D eigenvalue weighted by Gasteiger charge is 2.29. The lowest BCUT2D eigenvalue weighted by Crippen LogP contribution is -2.57. The fourth-order valence-corrected chi connectivity index (χ4v) is 1.40. The van der Waals surface area contributed by atoms with E-state index in [1.807, 2.05) is 0 Å². The van der Waals surface area contributed by atoms with Crippen LogP contribution in [0.5, 0.6) is 0 Å². The van der Waals surface area contributed by atoms with Crippen LogP contribution in [0.4, 0.5) is 0 Å². The smallest absolute Gasteiger partial charge is 0.0300 e. The van der Waals surface area contributed by atoms with E-state index in [0.717, 1.165) is 13.1 Å². The molecule has 1 atom stereocenters. The highest BCUT2D eigenvalue weighted by Crippen LogP contribution is 2.17. The van der Waals surface area contributed by atoms with Gasteiger partial charge in [0, 0.05) is 25.2 Å². The molecule has 0 saturated carbocycles. The van der Waals surface area contributed by atoms with Gasteiger partial charge in [0.25, 0.3) is 0 Å². The van der Waals surface area contributed by atoms with E-state index < -0.39 is 0 Å². The minimum Gasteiger partial charge on any atom is -0.314 e. The second-order valence-corrected chi connectivity index (χ2v) is 3.45. The van der Waals surface area contributed by atoms with Crippen LogP contribution in [0.3, 0.4) is 0 Å². The molecule has 2 heteroatoms. The van der Waals surface area contributed by atoms with Gasteiger partial charge in [-0.1, -0.05) is 6.92 Å². The lowest BCUT2D eigenvalue weighted by Gasteiger charge is -2.42. The largest absolute Gasteiger partial charge is 0.314 e. The Hall–Kier alpha value is -0.0800. The van der Waals surface area contributed by atoms with Gasteiger partial charge in [-0.3, -0.25) is 4.90 Å². The Morgan fingerprint density at radius 2 is 2.30 bits per heavy atom. The van der Waals surface area contributed by atoms with E-state index in [2.05, 4.69) is 31.1 Å². The first-order valence-electron chi connectivity index (χ1n) is 4.11. The van der Waals surface area contributed by atoms with Crippen LogP contribution in [0, 0.1) is 0 Å². The molecule has 60 valence electrons. The molecule has 10 heavy (non-hydrogen) atoms. The maximum Gasteiger partial charge on any atom is 0.0300 e. The van der Waals surface area contributed by atoms with Gasteiger partial charge in [-0.05, 0) is 20.4 Å². The summed E-state index contributed by atoms with van der Waals surface area (Å²) < 4.78 is 0. The predicted molar refractivity (Wildman–Crippen MR) is 44.2 cm³/mol. The lowest BCUT2D eigenvalue weighted by molar-refractivity contribution is 0.101. The molecule has 0 spiro atoms. The Morgan fingerprint density at radius 3 is 2.70 bits per heavy atom. The molecule has 1 fully saturated rings. The molecular weight excluding hydrogens is 124 g/mol. The Balaban J connectivity index is 2.54. The topological polar surface area (TPSA) is 15.3 Å². The van der Waals surface area contributed by atoms with Gasteiger partial charge >= 0.3 is 0 Å². The van der Waals surface area contributed by atoms with Crippen molar-refractivity contribution in [2.24, 2.45) is 0 Å². The third kappa shape index (κ3) is 1.32. The summed E-state index contributed by atoms with van der Waals surface area (Å²) in [4.78, 5) is 2.45. The molecule has 1 heterocycles. The molecule has 0 bridgehead atoms. The van der Waals surface area contributed by atoms with Gasteiger partial charge < -0.3 is 5.32 Å². The zero-order valence-electron chi connectivity index (χ0n) is 7.28. The Bertz CT molecular complexity index is 114. The van der Waals surface area contributed by atoms with E-state index in [4.69, 9.17) is 0 Å². The first-order valence-corrected chi connectivity index (χ1v) is 4.11. The van der Waals surface area contributed by atoms with Gasteiger partial charge in [-0.25, -0.2) is 0 Å². The Labute approximate surface area is 63.6 Å². The van der Waals surface area contributed by atoms with Crippen molar-refractivity contribution < 1.29 is 0 Å². The van der Waals surface area contributed by atoms with E-state index in [1.54, 1.807) is 0 Å². The van der Waals surface area contributed by atoms with Gasteiger partial charge in [0.05, 0.1) is 0 Å². The number of piperazine rings is 1. The quantitative estimate of drug-likeness (QED) is 0.579. The van der Waals surface area contributed by atoms with Crippen molar-refractivity contribution in [3.05, 3.63) is 0 Å². The summed E-state index contributed by atoms with van der Waals surface area (Å²) in [6.45, 7) is 8.04. The summed E-state index contributed by atoms with van der Waals surface area (Å²) in [6, 6.07) is 0. The number of rotatable bonds is 1. The van der Waals surface area contributed by atoms with Crippen LogP contribution in [0.2, 0.25) is 0 Å². The van der Waals surface area contributed by atoms with E-state index in [9.17, 15) is 0 Å². The van der Waals surface area contributed by atoms with E-state index in [0.29, 0.717) is 5.54 Å². The SMILES string of the molecule is CCC1(C)CNCCN1C. The van der Waals surface area contributed by atoms with Crippen molar-refractivity contribution in [3.8, 4) is 0 Å². The van der Waals surface area contributed by atoms with Gasteiger partial charge in [-0.15, -0.1) is 0 Å². The first-order chi connectivity index (χ1) is 4.69. The van der Waals surface area contributed by atoms with Crippen molar-refractivity contribution in [1.29, 1.82) is 0 Å². The maximum atomic E-state index is 3.42. The summed E-state index contributed by atoms with van der Waals surface area (Å²) >= 11 is 0. The molecule has 1 aliphatic heterocycles. The number of hydrogen-bond acceptors (Lipinski definition) is 2. The monoisotopic (exact) mass is 142 g/mol. The van der Waals surface area contributed by atoms with Crippen molar-refractivity contribution in [1.82, 2.24) is 10.2 Å². The van der Waals surface area contributed by atoms with Crippen LogP contribution in [-0.4, -0.2) is 37.1 Å². The third-order valence-electron chi connectivity index (χ3n) is 2.81. The summed E-state index contributed by atoms with van der Waals surface area (Å²) in [5.74, 6) is 0. The van der Waals surface area contributed by atoms with Crippen LogP contribution >= 0.6 is 0 Å². The third-order valence-corrected chi connectivity index (χ3v) is 2.81. The van der Waals surface area contributed by atoms with Crippen LogP contribution in [0.25, 0.3) is 0 Å². The highest BCUT2D eigenvalue weighted by molar-refractivity contribution is 4.88. The number of nitrogens with one attached hydrogen (secondary N) is 1. The summed E-state index contributed by atoms with van der Waals surface area (Å²) in [5, 5.41) is 3.42. The van der Waals surface area contributed by atoms with E-state index in [-0.39, 0.29) is 0 Å². The molecule has 1 N–H and O–H groups in total. The van der Waals surface area contributed by atoms with Crippen molar-refractivity contribution in [2.75, 3.05) is 26.7 Å². The fourth-order valence-electron chi connectivity index (χ4n) is 1.40. The van der Waals surface area contributed by atoms with E-state index >= 15 is 0 Å². The molecular formula is C8H18N2. The Kier molecular flexibility index (Phi) is 2.32. The van der Waals surface area contributed by atoms with Gasteiger partial charge in [0.1, 0.15) is 0 Å². The molecule has 0 amide bonds. The molecule has 1 saturated heterocycles. The minimum atomic E-state index is 0.401. The molecule has 0 aromatic carbocycles. The van der Waals surface area contributed by atoms with Gasteiger partial charge in [0.2, 0.25) is 0 Å². The first kappa shape index (κ1) is 8.02. The molecule has 1 rings (SSSR count). The standard InChI is InChI=1S/C8H18N2/c1-4-8(2)7-9-5-6-10(8)3/h9H,4-7H2,1-3H3. The van der Waals surface area contributed by atoms with Gasteiger partial charge in [-0.2, -0.15) is 0 Å². The molecule has 0 aliphatic carbocycles. The molecule has 1 aliphatic rings. The van der Waals surface area contributed by atoms with Crippen LogP contribution in [0.1, 0.15) is 20.3 Å². The van der Waals surface area contributed by atoms with Crippen LogP contribution in [0.15, 0.2) is 0 Å². The van der Waals surface area contributed by atoms with Crippen molar-refractivity contribution in [3.63, 3.8) is 0 Å². The highest BCUT2D eigenvalue weighted by atomic mass is 15.2. The molecule has 0 aromatic rings. The second kappa shape index (κ2) is 2.89. The second-order valence-electron chi connectivity index (χ2n) is 3.45. The molecule has 1 unspecified atom stereocenters. The van der Waals surface area contributed by atoms with E-state index in [1.165, 1.54) is 13.0 Å². The fraction of sp³-hybridized carbons (Fsp3) is 1.00. The summed E-state index contributed by atoms with van der Waals surface area (Å²) in [5.41, 5.74) is 0.401. The van der Waals surface area contributed by atoms with Gasteiger partial charge in [0.15, 0.2) is 0 Å².